The number of fused-ring (bicyclic) bond motifs is 4. The molecule has 2 aliphatic rings. The van der Waals surface area contributed by atoms with Crippen LogP contribution in [-0.4, -0.2) is 79.6 Å². The summed E-state index contributed by atoms with van der Waals surface area (Å²) in [7, 11) is 5.53. The van der Waals surface area contributed by atoms with Crippen LogP contribution in [0.25, 0.3) is 10.9 Å². The Hall–Kier alpha value is -5.84. The van der Waals surface area contributed by atoms with Crippen LogP contribution in [0.5, 0.6) is 28.7 Å². The van der Waals surface area contributed by atoms with E-state index >= 15 is 0 Å². The van der Waals surface area contributed by atoms with Gasteiger partial charge in [0.2, 0.25) is 11.5 Å². The summed E-state index contributed by atoms with van der Waals surface area (Å²) in [5.41, 5.74) is -0.690. The molecule has 260 valence electrons. The van der Waals surface area contributed by atoms with Crippen molar-refractivity contribution in [2.75, 3.05) is 50.5 Å². The van der Waals surface area contributed by atoms with Crippen LogP contribution in [0.2, 0.25) is 0 Å². The first-order valence-corrected chi connectivity index (χ1v) is 16.0. The third kappa shape index (κ3) is 5.39. The zero-order valence-corrected chi connectivity index (χ0v) is 28.8. The van der Waals surface area contributed by atoms with Crippen molar-refractivity contribution in [1.82, 2.24) is 4.98 Å². The normalized spacial score (nSPS) is 17.4. The Balaban J connectivity index is 1.44. The molecule has 2 atom stereocenters. The first kappa shape index (κ1) is 34.0. The number of H-pyrrole nitrogens is 1. The number of hydrogen-bond donors (Lipinski definition) is 2. The summed E-state index contributed by atoms with van der Waals surface area (Å²) < 4.78 is 32.3. The van der Waals surface area contributed by atoms with Crippen molar-refractivity contribution in [3.05, 3.63) is 69.4 Å². The third-order valence-electron chi connectivity index (χ3n) is 8.59. The van der Waals surface area contributed by atoms with Gasteiger partial charge in [-0.1, -0.05) is 15.9 Å². The Labute approximate surface area is 291 Å². The molecule has 2 N–H and O–H groups in total. The number of ketones is 1. The van der Waals surface area contributed by atoms with E-state index < -0.39 is 40.2 Å². The van der Waals surface area contributed by atoms with E-state index in [9.17, 15) is 29.3 Å². The average Bonchev–Trinajstić information content (AvgIpc) is 3.78. The van der Waals surface area contributed by atoms with E-state index in [-0.39, 0.29) is 46.4 Å². The summed E-state index contributed by atoms with van der Waals surface area (Å²) in [6, 6.07) is 9.44. The molecular weight excluding hydrogens is 724 g/mol. The highest BCUT2D eigenvalue weighted by molar-refractivity contribution is 9.09. The number of amides is 1. The quantitative estimate of drug-likeness (QED) is 0.0554. The van der Waals surface area contributed by atoms with Gasteiger partial charge in [-0.3, -0.25) is 19.7 Å². The number of non-ortho nitro benzene ring substituents is 1. The highest BCUT2D eigenvalue weighted by atomic mass is 79.9. The molecule has 0 saturated carbocycles. The Morgan fingerprint density at radius 1 is 1.00 bits per heavy atom. The van der Waals surface area contributed by atoms with Gasteiger partial charge in [-0.15, -0.1) is 0 Å². The number of carbonyl (C=O) groups excluding carboxylic acids is 4. The average molecular weight is 754 g/mol. The van der Waals surface area contributed by atoms with Gasteiger partial charge < -0.3 is 43.6 Å². The number of alkyl halides is 1. The number of esters is 1. The molecule has 0 bridgehead atoms. The van der Waals surface area contributed by atoms with Gasteiger partial charge in [0, 0.05) is 41.4 Å². The van der Waals surface area contributed by atoms with Crippen LogP contribution in [0.4, 0.5) is 21.9 Å². The molecular formula is C33H29BrN4O12. The highest BCUT2D eigenvalue weighted by Gasteiger charge is 2.53. The number of halogens is 1. The predicted octanol–water partition coefficient (Wildman–Crippen LogP) is 5.36. The lowest BCUT2D eigenvalue weighted by Crippen LogP contribution is -2.47. The summed E-state index contributed by atoms with van der Waals surface area (Å²) in [6.45, 7) is 1.46. The molecule has 1 aromatic heterocycles. The van der Waals surface area contributed by atoms with E-state index in [1.807, 2.05) is 0 Å². The fourth-order valence-electron chi connectivity index (χ4n) is 6.22. The van der Waals surface area contributed by atoms with Gasteiger partial charge in [0.05, 0.1) is 55.8 Å². The van der Waals surface area contributed by atoms with Crippen LogP contribution in [0.3, 0.4) is 0 Å². The number of carbonyl (C=O) groups is 4. The summed E-state index contributed by atoms with van der Waals surface area (Å²) in [6.07, 6.45) is -1.25. The van der Waals surface area contributed by atoms with Gasteiger partial charge in [-0.2, -0.15) is 0 Å². The number of benzene rings is 3. The number of nitro groups is 1. The maximum atomic E-state index is 14.3. The highest BCUT2D eigenvalue weighted by Crippen LogP contribution is 2.52. The molecule has 3 heterocycles. The molecule has 0 fully saturated rings. The second-order valence-electron chi connectivity index (χ2n) is 11.4. The van der Waals surface area contributed by atoms with Gasteiger partial charge in [-0.05, 0) is 36.8 Å². The smallest absolute Gasteiger partial charge is 0.493 e. The number of hydrogen-bond acceptors (Lipinski definition) is 13. The van der Waals surface area contributed by atoms with Crippen LogP contribution in [0, 0.1) is 10.1 Å². The maximum absolute atomic E-state index is 14.3. The van der Waals surface area contributed by atoms with Crippen LogP contribution in [0.1, 0.15) is 39.3 Å². The molecule has 6 rings (SSSR count). The molecule has 0 spiro atoms. The molecule has 17 heteroatoms. The molecule has 16 nitrogen and oxygen atoms in total. The van der Waals surface area contributed by atoms with E-state index in [4.69, 9.17) is 28.4 Å². The lowest BCUT2D eigenvalue weighted by Gasteiger charge is -2.20. The molecule has 0 saturated heterocycles. The van der Waals surface area contributed by atoms with Gasteiger partial charge in [-0.25, -0.2) is 9.59 Å². The maximum Gasteiger partial charge on any atom is 0.519 e. The third-order valence-corrected chi connectivity index (χ3v) is 9.37. The standard InChI is InChI=1S/C33H29BrN4O12/c1-33(31(41)48-5)29(39)24-23-16(13-34)14-37(30(40)19-10-15-11-22(45-2)27(46-3)28(47-4)25(15)35-19)20(23)12-21(26(24)36-33)50-32(42)49-18-8-6-17(7-9-18)38(43)44/h6-12,16,35-36H,13-14H2,1-5H3/t16-,33+/m1/s1. The number of aromatic nitrogens is 1. The van der Waals surface area contributed by atoms with Crippen molar-refractivity contribution in [1.29, 1.82) is 0 Å². The summed E-state index contributed by atoms with van der Waals surface area (Å²) in [4.78, 5) is 69.3. The van der Waals surface area contributed by atoms with Crippen LogP contribution in [0.15, 0.2) is 42.5 Å². The zero-order chi connectivity index (χ0) is 36.1. The van der Waals surface area contributed by atoms with Crippen LogP contribution >= 0.6 is 15.9 Å². The SMILES string of the molecule is COC(=O)[C@@]1(C)Nc2c(OC(=O)Oc3ccc([N+](=O)[O-])cc3)cc3c(c2C1=O)[C@H](CBr)CN3C(=O)c1cc2cc(OC)c(OC)c(OC)c2[nH]1. The first-order chi connectivity index (χ1) is 23.9. The van der Waals surface area contributed by atoms with E-state index in [2.05, 4.69) is 26.2 Å². The molecule has 1 amide bonds. The minimum absolute atomic E-state index is 0.0251. The van der Waals surface area contributed by atoms with Crippen molar-refractivity contribution in [2.45, 2.75) is 18.4 Å². The minimum atomic E-state index is -1.88. The van der Waals surface area contributed by atoms with Gasteiger partial charge >= 0.3 is 12.1 Å². The molecule has 0 radical (unpaired) electrons. The summed E-state index contributed by atoms with van der Waals surface area (Å²) in [5, 5.41) is 14.8. The summed E-state index contributed by atoms with van der Waals surface area (Å²) >= 11 is 3.51. The second-order valence-corrected chi connectivity index (χ2v) is 12.0. The first-order valence-electron chi connectivity index (χ1n) is 14.9. The second kappa shape index (κ2) is 12.9. The number of rotatable bonds is 9. The van der Waals surface area contributed by atoms with Crippen molar-refractivity contribution in [2.24, 2.45) is 0 Å². The molecule has 3 aromatic carbocycles. The van der Waals surface area contributed by atoms with Crippen molar-refractivity contribution in [3.63, 3.8) is 0 Å². The molecule has 0 unspecified atom stereocenters. The van der Waals surface area contributed by atoms with E-state index in [0.717, 1.165) is 19.2 Å². The number of nitrogens with one attached hydrogen (secondary N) is 2. The molecule has 50 heavy (non-hydrogen) atoms. The monoisotopic (exact) mass is 752 g/mol. The number of Topliss-reactive ketones (excluding diaryl/α,β-unsaturated/α-hetero) is 1. The Bertz CT molecular complexity index is 2100. The zero-order valence-electron chi connectivity index (χ0n) is 27.2. The number of anilines is 2. The molecule has 4 aromatic rings. The number of ether oxygens (including phenoxy) is 6. The topological polar surface area (TPSA) is 198 Å². The number of nitrogens with zero attached hydrogens (tertiary/aromatic N) is 2. The molecule has 2 aliphatic heterocycles. The van der Waals surface area contributed by atoms with E-state index in [1.54, 1.807) is 12.1 Å². The van der Waals surface area contributed by atoms with Crippen LogP contribution < -0.4 is 33.9 Å². The largest absolute Gasteiger partial charge is 0.519 e. The predicted molar refractivity (Wildman–Crippen MR) is 181 cm³/mol. The van der Waals surface area contributed by atoms with Gasteiger partial charge in [0.15, 0.2) is 22.8 Å². The lowest BCUT2D eigenvalue weighted by atomic mass is 9.89. The van der Waals surface area contributed by atoms with Gasteiger partial charge in [0.25, 0.3) is 11.6 Å². The lowest BCUT2D eigenvalue weighted by molar-refractivity contribution is -0.384. The number of aromatic amines is 1. The van der Waals surface area contributed by atoms with E-state index in [1.165, 1.54) is 51.4 Å². The Morgan fingerprint density at radius 2 is 1.70 bits per heavy atom. The fraction of sp³-hybridized carbons (Fsp3) is 0.273. The van der Waals surface area contributed by atoms with Crippen molar-refractivity contribution >= 4 is 67.7 Å². The molecule has 0 aliphatic carbocycles. The van der Waals surface area contributed by atoms with Crippen molar-refractivity contribution in [3.8, 4) is 28.7 Å². The summed E-state index contributed by atoms with van der Waals surface area (Å²) in [5.74, 6) is -1.68. The number of methoxy groups -OCH3 is 4. The van der Waals surface area contributed by atoms with Crippen molar-refractivity contribution < 1.29 is 52.5 Å². The Morgan fingerprint density at radius 3 is 2.30 bits per heavy atom. The van der Waals surface area contributed by atoms with Crippen LogP contribution in [-0.2, 0) is 9.53 Å². The number of nitro benzene ring substituents is 1. The Kier molecular flexibility index (Phi) is 8.77. The fourth-order valence-corrected chi connectivity index (χ4v) is 6.75. The van der Waals surface area contributed by atoms with Gasteiger partial charge in [0.1, 0.15) is 11.4 Å². The minimum Gasteiger partial charge on any atom is -0.493 e. The van der Waals surface area contributed by atoms with E-state index in [0.29, 0.717) is 39.0 Å².